The second kappa shape index (κ2) is 9.29. The van der Waals surface area contributed by atoms with Gasteiger partial charge in [0.2, 0.25) is 10.0 Å². The molecule has 2 N–H and O–H groups in total. The smallest absolute Gasteiger partial charge is 0.330 e. The molecule has 0 saturated carbocycles. The van der Waals surface area contributed by atoms with Crippen molar-refractivity contribution in [3.05, 3.63) is 63.8 Å². The lowest BCUT2D eigenvalue weighted by Crippen LogP contribution is -2.35. The molecule has 1 heterocycles. The van der Waals surface area contributed by atoms with Crippen LogP contribution in [0, 0.1) is 0 Å². The number of nitrogens with one attached hydrogen (secondary N) is 2. The number of hydrogen-bond acceptors (Lipinski definition) is 6. The van der Waals surface area contributed by atoms with Gasteiger partial charge in [-0.2, -0.15) is 0 Å². The fourth-order valence-corrected chi connectivity index (χ4v) is 3.46. The van der Waals surface area contributed by atoms with Crippen molar-refractivity contribution in [3.8, 4) is 0 Å². The van der Waals surface area contributed by atoms with Crippen molar-refractivity contribution < 1.29 is 17.9 Å². The summed E-state index contributed by atoms with van der Waals surface area (Å²) in [5, 5.41) is 0.0377. The molecule has 0 atom stereocenters. The normalized spacial score (nSPS) is 11.8. The number of ether oxygens (including phenoxy) is 1. The lowest BCUT2D eigenvalue weighted by atomic mass is 10.2. The van der Waals surface area contributed by atoms with E-state index in [9.17, 15) is 22.8 Å². The van der Waals surface area contributed by atoms with Crippen LogP contribution in [0.1, 0.15) is 13.3 Å². The second-order valence-electron chi connectivity index (χ2n) is 5.68. The Morgan fingerprint density at radius 3 is 2.79 bits per heavy atom. The molecule has 0 aliphatic carbocycles. The van der Waals surface area contributed by atoms with Crippen LogP contribution in [-0.2, 0) is 26.1 Å². The summed E-state index contributed by atoms with van der Waals surface area (Å²) in [4.78, 5) is 38.5. The molecule has 9 nitrogen and oxygen atoms in total. The summed E-state index contributed by atoms with van der Waals surface area (Å²) in [5.74, 6) is -0.591. The lowest BCUT2D eigenvalue weighted by Gasteiger charge is -2.08. The number of allylic oxidation sites excluding steroid dienone is 1. The number of hydrogen-bond donors (Lipinski definition) is 2. The molecule has 0 bridgehead atoms. The minimum Gasteiger partial charge on any atom is -0.463 e. The summed E-state index contributed by atoms with van der Waals surface area (Å²) in [6.07, 6.45) is 4.47. The van der Waals surface area contributed by atoms with Crippen LogP contribution in [0.5, 0.6) is 0 Å². The first-order valence-corrected chi connectivity index (χ1v) is 9.99. The highest BCUT2D eigenvalue weighted by atomic mass is 32.2. The molecule has 0 saturated heterocycles. The van der Waals surface area contributed by atoms with E-state index in [2.05, 4.69) is 16.3 Å². The predicted molar refractivity (Wildman–Crippen MR) is 105 cm³/mol. The van der Waals surface area contributed by atoms with Gasteiger partial charge in [-0.15, -0.1) is 6.58 Å². The van der Waals surface area contributed by atoms with Crippen molar-refractivity contribution in [1.82, 2.24) is 14.3 Å². The van der Waals surface area contributed by atoms with Crippen molar-refractivity contribution >= 4 is 26.9 Å². The molecule has 1 aromatic carbocycles. The third kappa shape index (κ3) is 5.05. The van der Waals surface area contributed by atoms with Crippen LogP contribution in [-0.4, -0.2) is 37.1 Å². The fraction of sp³-hybridized carbons (Fsp3) is 0.278. The molecule has 1 aromatic heterocycles. The summed E-state index contributed by atoms with van der Waals surface area (Å²) in [7, 11) is -3.81. The summed E-state index contributed by atoms with van der Waals surface area (Å²) in [6.45, 7) is 5.39. The predicted octanol–water partition coefficient (Wildman–Crippen LogP) is 0.663. The van der Waals surface area contributed by atoms with Gasteiger partial charge in [0, 0.05) is 19.2 Å². The van der Waals surface area contributed by atoms with Crippen molar-refractivity contribution in [2.24, 2.45) is 0 Å². The van der Waals surface area contributed by atoms with Gasteiger partial charge < -0.3 is 9.72 Å². The number of nitrogens with zero attached hydrogens (tertiary/aromatic N) is 1. The number of carbonyl (C=O) groups excluding carboxylic acids is 1. The van der Waals surface area contributed by atoms with E-state index >= 15 is 0 Å². The molecule has 0 spiro atoms. The van der Waals surface area contributed by atoms with Gasteiger partial charge in [-0.05, 0) is 31.5 Å². The standard InChI is InChI=1S/C18H21N3O6S/c1-3-5-10-19-28(25,26)13-8-9-15-14(12-13)17(23)21(18(24)20-15)11-6-7-16(22)27-4-2/h3,6-9,12,19H,1,4-5,10-11H2,2H3,(H,20,24)/b7-6+. The number of rotatable bonds is 9. The molecule has 0 radical (unpaired) electrons. The maximum Gasteiger partial charge on any atom is 0.330 e. The first kappa shape index (κ1) is 21.3. The van der Waals surface area contributed by atoms with Gasteiger partial charge in [0.1, 0.15) is 0 Å². The second-order valence-corrected chi connectivity index (χ2v) is 7.45. The molecular formula is C18H21N3O6S. The van der Waals surface area contributed by atoms with Crippen LogP contribution in [0.25, 0.3) is 10.9 Å². The molecule has 0 amide bonds. The Morgan fingerprint density at radius 1 is 1.36 bits per heavy atom. The number of esters is 1. The van der Waals surface area contributed by atoms with Crippen LogP contribution < -0.4 is 16.0 Å². The molecule has 0 aliphatic heterocycles. The van der Waals surface area contributed by atoms with Crippen LogP contribution in [0.2, 0.25) is 0 Å². The highest BCUT2D eigenvalue weighted by molar-refractivity contribution is 7.89. The first-order chi connectivity index (χ1) is 13.3. The summed E-state index contributed by atoms with van der Waals surface area (Å²) < 4.78 is 32.7. The first-order valence-electron chi connectivity index (χ1n) is 8.51. The monoisotopic (exact) mass is 407 g/mol. The lowest BCUT2D eigenvalue weighted by molar-refractivity contribution is -0.137. The maximum atomic E-state index is 12.7. The zero-order valence-corrected chi connectivity index (χ0v) is 16.1. The highest BCUT2D eigenvalue weighted by Gasteiger charge is 2.16. The number of fused-ring (bicyclic) bond motifs is 1. The van der Waals surface area contributed by atoms with Gasteiger partial charge in [0.25, 0.3) is 5.56 Å². The van der Waals surface area contributed by atoms with Crippen LogP contribution in [0.4, 0.5) is 0 Å². The average Bonchev–Trinajstić information content (AvgIpc) is 2.64. The quantitative estimate of drug-likeness (QED) is 0.272. The highest BCUT2D eigenvalue weighted by Crippen LogP contribution is 2.14. The molecule has 0 unspecified atom stereocenters. The third-order valence-electron chi connectivity index (χ3n) is 3.73. The Bertz CT molecular complexity index is 1130. The van der Waals surface area contributed by atoms with Gasteiger partial charge in [-0.3, -0.25) is 9.36 Å². The zero-order valence-electron chi connectivity index (χ0n) is 15.3. The Morgan fingerprint density at radius 2 is 2.11 bits per heavy atom. The molecule has 2 aromatic rings. The molecule has 0 aliphatic rings. The van der Waals surface area contributed by atoms with E-state index in [1.54, 1.807) is 13.0 Å². The van der Waals surface area contributed by atoms with Crippen LogP contribution in [0.3, 0.4) is 0 Å². The van der Waals surface area contributed by atoms with E-state index in [1.807, 2.05) is 0 Å². The summed E-state index contributed by atoms with van der Waals surface area (Å²) in [5.41, 5.74) is -1.13. The van der Waals surface area contributed by atoms with Crippen LogP contribution in [0.15, 0.2) is 57.5 Å². The Kier molecular flexibility index (Phi) is 7.07. The van der Waals surface area contributed by atoms with Gasteiger partial charge in [0.15, 0.2) is 0 Å². The number of aromatic nitrogens is 2. The van der Waals surface area contributed by atoms with E-state index in [0.29, 0.717) is 6.42 Å². The topological polar surface area (TPSA) is 127 Å². The fourth-order valence-electron chi connectivity index (χ4n) is 2.39. The third-order valence-corrected chi connectivity index (χ3v) is 5.19. The van der Waals surface area contributed by atoms with Gasteiger partial charge in [-0.1, -0.05) is 12.2 Å². The summed E-state index contributed by atoms with van der Waals surface area (Å²) >= 11 is 0. The van der Waals surface area contributed by atoms with Crippen molar-refractivity contribution in [2.75, 3.05) is 13.2 Å². The largest absolute Gasteiger partial charge is 0.463 e. The van der Waals surface area contributed by atoms with E-state index in [4.69, 9.17) is 4.74 Å². The van der Waals surface area contributed by atoms with Gasteiger partial charge in [0.05, 0.1) is 22.4 Å². The van der Waals surface area contributed by atoms with Crippen molar-refractivity contribution in [2.45, 2.75) is 24.8 Å². The molecule has 0 fully saturated rings. The number of carbonyl (C=O) groups is 1. The minimum atomic E-state index is -3.81. The van der Waals surface area contributed by atoms with E-state index in [0.717, 1.165) is 10.6 Å². The molecule has 2 rings (SSSR count). The number of sulfonamides is 1. The Balaban J connectivity index is 2.41. The van der Waals surface area contributed by atoms with E-state index < -0.39 is 27.2 Å². The molecule has 28 heavy (non-hydrogen) atoms. The van der Waals surface area contributed by atoms with E-state index in [-0.39, 0.29) is 35.5 Å². The molecular weight excluding hydrogens is 386 g/mol. The number of benzene rings is 1. The Labute approximate surface area is 161 Å². The summed E-state index contributed by atoms with van der Waals surface area (Å²) in [6, 6.07) is 3.87. The minimum absolute atomic E-state index is 0.0377. The molecule has 150 valence electrons. The Hall–Kier alpha value is -2.98. The van der Waals surface area contributed by atoms with Gasteiger partial charge >= 0.3 is 11.7 Å². The van der Waals surface area contributed by atoms with E-state index in [1.165, 1.54) is 24.3 Å². The average molecular weight is 407 g/mol. The van der Waals surface area contributed by atoms with Crippen molar-refractivity contribution in [3.63, 3.8) is 0 Å². The SMILES string of the molecule is C=CCCNS(=O)(=O)c1ccc2[nH]c(=O)n(C/C=C/C(=O)OCC)c(=O)c2c1. The number of H-pyrrole nitrogens is 1. The van der Waals surface area contributed by atoms with Crippen LogP contribution >= 0.6 is 0 Å². The zero-order chi connectivity index (χ0) is 20.7. The molecule has 10 heteroatoms. The maximum absolute atomic E-state index is 12.7. The van der Waals surface area contributed by atoms with Crippen molar-refractivity contribution in [1.29, 1.82) is 0 Å². The number of aromatic amines is 1. The van der Waals surface area contributed by atoms with Gasteiger partial charge in [-0.25, -0.2) is 22.7 Å².